The van der Waals surface area contributed by atoms with E-state index in [1.807, 2.05) is 33.8 Å². The summed E-state index contributed by atoms with van der Waals surface area (Å²) in [6.07, 6.45) is 0. The molecule has 0 unspecified atom stereocenters. The summed E-state index contributed by atoms with van der Waals surface area (Å²) >= 11 is 0. The monoisotopic (exact) mass is 264 g/mol. The molecule has 0 radical (unpaired) electrons. The number of rotatable bonds is 2. The predicted octanol–water partition coefficient (Wildman–Crippen LogP) is 3.07. The Morgan fingerprint density at radius 3 is 2.63 bits per heavy atom. The molecule has 104 valence electrons. The smallest absolute Gasteiger partial charge is 0.322 e. The summed E-state index contributed by atoms with van der Waals surface area (Å²) in [4.78, 5) is 14.0. The minimum absolute atomic E-state index is 0.117. The van der Waals surface area contributed by atoms with E-state index in [0.29, 0.717) is 23.7 Å². The molecule has 1 aromatic carbocycles. The van der Waals surface area contributed by atoms with Gasteiger partial charge in [-0.25, -0.2) is 4.79 Å². The topological polar surface area (TPSA) is 50.8 Å². The molecule has 1 heterocycles. The molecule has 5 nitrogen and oxygen atoms in total. The number of amides is 2. The zero-order valence-electron chi connectivity index (χ0n) is 11.8. The van der Waals surface area contributed by atoms with E-state index in [1.165, 1.54) is 0 Å². The molecule has 19 heavy (non-hydrogen) atoms. The molecule has 0 fully saturated rings. The fourth-order valence-corrected chi connectivity index (χ4v) is 2.09. The molecular weight excluding hydrogens is 244 g/mol. The van der Waals surface area contributed by atoms with Gasteiger partial charge >= 0.3 is 6.03 Å². The van der Waals surface area contributed by atoms with Gasteiger partial charge in [0.1, 0.15) is 0 Å². The van der Waals surface area contributed by atoms with Gasteiger partial charge in [-0.1, -0.05) is 0 Å². The van der Waals surface area contributed by atoms with Crippen molar-refractivity contribution in [1.82, 2.24) is 4.90 Å². The summed E-state index contributed by atoms with van der Waals surface area (Å²) in [7, 11) is 0. The largest absolute Gasteiger partial charge is 0.454 e. The Morgan fingerprint density at radius 2 is 2.00 bits per heavy atom. The van der Waals surface area contributed by atoms with E-state index in [1.54, 1.807) is 17.0 Å². The van der Waals surface area contributed by atoms with Crippen LogP contribution in [0.5, 0.6) is 11.5 Å². The highest BCUT2D eigenvalue weighted by Gasteiger charge is 2.25. The first kappa shape index (κ1) is 13.5. The van der Waals surface area contributed by atoms with Crippen LogP contribution in [-0.4, -0.2) is 29.8 Å². The van der Waals surface area contributed by atoms with Crippen molar-refractivity contribution in [3.05, 3.63) is 18.2 Å². The molecule has 0 aliphatic carbocycles. The number of anilines is 1. The van der Waals surface area contributed by atoms with E-state index in [0.717, 1.165) is 0 Å². The van der Waals surface area contributed by atoms with Gasteiger partial charge in [-0.3, -0.25) is 0 Å². The number of hydrogen-bond donors (Lipinski definition) is 1. The average Bonchev–Trinajstić information content (AvgIpc) is 2.74. The van der Waals surface area contributed by atoms with Crippen LogP contribution in [0.15, 0.2) is 18.2 Å². The van der Waals surface area contributed by atoms with Gasteiger partial charge < -0.3 is 19.7 Å². The molecule has 0 saturated heterocycles. The highest BCUT2D eigenvalue weighted by atomic mass is 16.7. The summed E-state index contributed by atoms with van der Waals surface area (Å²) in [5.74, 6) is 1.37. The Hall–Kier alpha value is -1.91. The number of benzene rings is 1. The van der Waals surface area contributed by atoms with Crippen LogP contribution in [-0.2, 0) is 0 Å². The third kappa shape index (κ3) is 2.92. The lowest BCUT2D eigenvalue weighted by Crippen LogP contribution is -2.47. The summed E-state index contributed by atoms with van der Waals surface area (Å²) in [5, 5.41) is 2.88. The second-order valence-corrected chi connectivity index (χ2v) is 5.41. The zero-order chi connectivity index (χ0) is 14.0. The number of urea groups is 1. The number of ether oxygens (including phenoxy) is 2. The molecule has 1 aliphatic rings. The molecule has 1 aromatic rings. The van der Waals surface area contributed by atoms with Crippen LogP contribution in [0.25, 0.3) is 0 Å². The standard InChI is InChI=1S/C14H20N2O3/c1-5-16(14(2,3)4)13(17)15-10-6-7-11-12(8-10)19-9-18-11/h6-8H,5,9H2,1-4H3,(H,15,17). The third-order valence-corrected chi connectivity index (χ3v) is 2.99. The van der Waals surface area contributed by atoms with E-state index < -0.39 is 0 Å². The van der Waals surface area contributed by atoms with Crippen molar-refractivity contribution in [3.8, 4) is 11.5 Å². The lowest BCUT2D eigenvalue weighted by atomic mass is 10.1. The first-order valence-corrected chi connectivity index (χ1v) is 6.40. The minimum atomic E-state index is -0.213. The molecule has 2 rings (SSSR count). The average molecular weight is 264 g/mol. The molecule has 1 N–H and O–H groups in total. The number of nitrogens with zero attached hydrogens (tertiary/aromatic N) is 1. The Kier molecular flexibility index (Phi) is 3.55. The van der Waals surface area contributed by atoms with Crippen LogP contribution >= 0.6 is 0 Å². The van der Waals surface area contributed by atoms with Crippen LogP contribution in [0.2, 0.25) is 0 Å². The summed E-state index contributed by atoms with van der Waals surface area (Å²) in [6.45, 7) is 8.88. The first-order chi connectivity index (χ1) is 8.91. The lowest BCUT2D eigenvalue weighted by molar-refractivity contribution is 0.162. The molecule has 0 atom stereocenters. The van der Waals surface area contributed by atoms with E-state index in [-0.39, 0.29) is 18.4 Å². The molecule has 0 saturated carbocycles. The van der Waals surface area contributed by atoms with Crippen molar-refractivity contribution in [2.45, 2.75) is 33.2 Å². The lowest BCUT2D eigenvalue weighted by Gasteiger charge is -2.34. The van der Waals surface area contributed by atoms with Crippen molar-refractivity contribution >= 4 is 11.7 Å². The Bertz CT molecular complexity index is 480. The first-order valence-electron chi connectivity index (χ1n) is 6.40. The number of hydrogen-bond acceptors (Lipinski definition) is 3. The van der Waals surface area contributed by atoms with Gasteiger partial charge in [-0.15, -0.1) is 0 Å². The van der Waals surface area contributed by atoms with Gasteiger partial charge in [-0.05, 0) is 39.8 Å². The van der Waals surface area contributed by atoms with Crippen LogP contribution in [0.4, 0.5) is 10.5 Å². The fourth-order valence-electron chi connectivity index (χ4n) is 2.09. The van der Waals surface area contributed by atoms with Crippen LogP contribution < -0.4 is 14.8 Å². The fraction of sp³-hybridized carbons (Fsp3) is 0.500. The van der Waals surface area contributed by atoms with Gasteiger partial charge in [0, 0.05) is 23.8 Å². The SMILES string of the molecule is CCN(C(=O)Nc1ccc2c(c1)OCO2)C(C)(C)C. The van der Waals surface area contributed by atoms with E-state index in [9.17, 15) is 4.79 Å². The van der Waals surface area contributed by atoms with Crippen molar-refractivity contribution in [2.75, 3.05) is 18.7 Å². The van der Waals surface area contributed by atoms with Gasteiger partial charge in [0.05, 0.1) is 0 Å². The van der Waals surface area contributed by atoms with Gasteiger partial charge in [0.25, 0.3) is 0 Å². The maximum Gasteiger partial charge on any atom is 0.322 e. The van der Waals surface area contributed by atoms with Crippen LogP contribution in [0, 0.1) is 0 Å². The summed E-state index contributed by atoms with van der Waals surface area (Å²) in [5.41, 5.74) is 0.492. The highest BCUT2D eigenvalue weighted by Crippen LogP contribution is 2.34. The Balaban J connectivity index is 2.10. The normalized spacial score (nSPS) is 13.3. The molecule has 2 amide bonds. The maximum atomic E-state index is 12.2. The van der Waals surface area contributed by atoms with E-state index >= 15 is 0 Å². The van der Waals surface area contributed by atoms with Crippen molar-refractivity contribution in [1.29, 1.82) is 0 Å². The second kappa shape index (κ2) is 4.99. The molecule has 0 spiro atoms. The van der Waals surface area contributed by atoms with E-state index in [2.05, 4.69) is 5.32 Å². The number of fused-ring (bicyclic) bond motifs is 1. The van der Waals surface area contributed by atoms with Gasteiger partial charge in [0.2, 0.25) is 6.79 Å². The molecule has 1 aliphatic heterocycles. The minimum Gasteiger partial charge on any atom is -0.454 e. The quantitative estimate of drug-likeness (QED) is 0.893. The Morgan fingerprint density at radius 1 is 1.32 bits per heavy atom. The zero-order valence-corrected chi connectivity index (χ0v) is 11.8. The molecule has 0 bridgehead atoms. The predicted molar refractivity (Wildman–Crippen MR) is 73.7 cm³/mol. The van der Waals surface area contributed by atoms with Crippen molar-refractivity contribution < 1.29 is 14.3 Å². The van der Waals surface area contributed by atoms with E-state index in [4.69, 9.17) is 9.47 Å². The second-order valence-electron chi connectivity index (χ2n) is 5.41. The maximum absolute atomic E-state index is 12.2. The molecular formula is C14H20N2O3. The summed E-state index contributed by atoms with van der Waals surface area (Å²) < 4.78 is 10.5. The number of carbonyl (C=O) groups excluding carboxylic acids is 1. The van der Waals surface area contributed by atoms with Crippen molar-refractivity contribution in [2.24, 2.45) is 0 Å². The number of carbonyl (C=O) groups is 1. The summed E-state index contributed by atoms with van der Waals surface area (Å²) in [6, 6.07) is 5.26. The molecule has 0 aromatic heterocycles. The van der Waals surface area contributed by atoms with Gasteiger partial charge in [0.15, 0.2) is 11.5 Å². The molecule has 5 heteroatoms. The Labute approximate surface area is 113 Å². The van der Waals surface area contributed by atoms with Crippen molar-refractivity contribution in [3.63, 3.8) is 0 Å². The van der Waals surface area contributed by atoms with Crippen LogP contribution in [0.3, 0.4) is 0 Å². The number of nitrogens with one attached hydrogen (secondary N) is 1. The van der Waals surface area contributed by atoms with Crippen LogP contribution in [0.1, 0.15) is 27.7 Å². The highest BCUT2D eigenvalue weighted by molar-refractivity contribution is 5.90. The third-order valence-electron chi connectivity index (χ3n) is 2.99. The van der Waals surface area contributed by atoms with Gasteiger partial charge in [-0.2, -0.15) is 0 Å².